The lowest BCUT2D eigenvalue weighted by molar-refractivity contribution is 0.420. The van der Waals surface area contributed by atoms with E-state index in [1.165, 1.54) is 43.8 Å². The molecule has 4 aromatic rings. The molecule has 2 aliphatic rings. The Hall–Kier alpha value is -3.31. The van der Waals surface area contributed by atoms with Gasteiger partial charge in [-0.2, -0.15) is 0 Å². The normalized spacial score (nSPS) is 16.4. The fourth-order valence-electron chi connectivity index (χ4n) is 4.82. The third-order valence-electron chi connectivity index (χ3n) is 6.58. The van der Waals surface area contributed by atoms with Gasteiger partial charge in [-0.3, -0.25) is 0 Å². The molecule has 6 rings (SSSR count). The molecule has 0 fully saturated rings. The summed E-state index contributed by atoms with van der Waals surface area (Å²) >= 11 is 1.86. The summed E-state index contributed by atoms with van der Waals surface area (Å²) < 4.78 is 0. The van der Waals surface area contributed by atoms with Gasteiger partial charge in [-0.1, -0.05) is 78.9 Å². The molecule has 4 heteroatoms. The molecule has 4 aromatic carbocycles. The third-order valence-corrected chi connectivity index (χ3v) is 7.92. The lowest BCUT2D eigenvalue weighted by Crippen LogP contribution is -2.17. The zero-order valence-corrected chi connectivity index (χ0v) is 19.4. The third kappa shape index (κ3) is 3.94. The van der Waals surface area contributed by atoms with Gasteiger partial charge in [0.05, 0.1) is 0 Å². The standard InChI is InChI=1S/C30H23BO2S/c32-31(33)26-12-14-30-28(19-26)27-18-22(11-13-29(27)34-30)25-16-23(20-7-3-1-4-8-20)15-24(17-25)21-9-5-2-6-10-21/h1-13,15-19,30,32-33H,14H2. The zero-order chi connectivity index (χ0) is 23.1. The molecule has 0 aromatic heterocycles. The number of fused-ring (bicyclic) bond motifs is 3. The minimum absolute atomic E-state index is 0.336. The van der Waals surface area contributed by atoms with Gasteiger partial charge in [0.1, 0.15) is 0 Å². The van der Waals surface area contributed by atoms with Gasteiger partial charge < -0.3 is 10.0 Å². The maximum Gasteiger partial charge on any atom is 0.488 e. The molecule has 0 bridgehead atoms. The largest absolute Gasteiger partial charge is 0.488 e. The summed E-state index contributed by atoms with van der Waals surface area (Å²) in [5, 5.41) is 19.7. The van der Waals surface area contributed by atoms with Crippen molar-refractivity contribution >= 4 is 24.5 Å². The van der Waals surface area contributed by atoms with E-state index in [9.17, 15) is 10.0 Å². The molecule has 1 heterocycles. The number of benzene rings is 4. The van der Waals surface area contributed by atoms with Crippen LogP contribution in [0.25, 0.3) is 39.0 Å². The highest BCUT2D eigenvalue weighted by atomic mass is 32.2. The highest BCUT2D eigenvalue weighted by molar-refractivity contribution is 8.00. The Morgan fingerprint density at radius 2 is 1.24 bits per heavy atom. The maximum atomic E-state index is 9.69. The van der Waals surface area contributed by atoms with Gasteiger partial charge in [0.25, 0.3) is 0 Å². The maximum absolute atomic E-state index is 9.69. The summed E-state index contributed by atoms with van der Waals surface area (Å²) in [5.41, 5.74) is 10.1. The molecular formula is C30H23BO2S. The van der Waals surface area contributed by atoms with E-state index >= 15 is 0 Å². The lowest BCUT2D eigenvalue weighted by Gasteiger charge is -2.17. The molecule has 34 heavy (non-hydrogen) atoms. The second kappa shape index (κ2) is 8.81. The van der Waals surface area contributed by atoms with Crippen LogP contribution in [0.2, 0.25) is 0 Å². The van der Waals surface area contributed by atoms with E-state index in [2.05, 4.69) is 84.9 Å². The number of hydrogen-bond acceptors (Lipinski definition) is 3. The molecule has 1 atom stereocenters. The second-order valence-electron chi connectivity index (χ2n) is 8.76. The molecule has 2 nitrogen and oxygen atoms in total. The Morgan fingerprint density at radius 1 is 0.647 bits per heavy atom. The van der Waals surface area contributed by atoms with Gasteiger partial charge in [0, 0.05) is 10.1 Å². The van der Waals surface area contributed by atoms with E-state index in [1.54, 1.807) is 0 Å². The van der Waals surface area contributed by atoms with Crippen molar-refractivity contribution in [3.8, 4) is 33.4 Å². The van der Waals surface area contributed by atoms with Crippen LogP contribution in [0, 0.1) is 0 Å². The van der Waals surface area contributed by atoms with Crippen LogP contribution in [-0.2, 0) is 0 Å². The van der Waals surface area contributed by atoms with Crippen LogP contribution in [0.3, 0.4) is 0 Å². The van der Waals surface area contributed by atoms with Crippen molar-refractivity contribution < 1.29 is 10.0 Å². The highest BCUT2D eigenvalue weighted by Crippen LogP contribution is 2.49. The van der Waals surface area contributed by atoms with E-state index in [1.807, 2.05) is 36.0 Å². The molecule has 1 unspecified atom stereocenters. The molecule has 0 saturated carbocycles. The Morgan fingerprint density at radius 3 is 1.82 bits per heavy atom. The van der Waals surface area contributed by atoms with Crippen LogP contribution < -0.4 is 0 Å². The van der Waals surface area contributed by atoms with E-state index in [0.717, 1.165) is 12.0 Å². The second-order valence-corrected chi connectivity index (χ2v) is 10.0. The highest BCUT2D eigenvalue weighted by Gasteiger charge is 2.31. The van der Waals surface area contributed by atoms with Crippen molar-refractivity contribution in [2.75, 3.05) is 0 Å². The molecule has 164 valence electrons. The van der Waals surface area contributed by atoms with Gasteiger partial charge in [-0.25, -0.2) is 0 Å². The van der Waals surface area contributed by atoms with Gasteiger partial charge in [-0.15, -0.1) is 11.8 Å². The van der Waals surface area contributed by atoms with Crippen molar-refractivity contribution in [2.24, 2.45) is 0 Å². The fourth-order valence-corrected chi connectivity index (χ4v) is 6.10. The first kappa shape index (κ1) is 21.2. The van der Waals surface area contributed by atoms with E-state index in [0.29, 0.717) is 10.7 Å². The van der Waals surface area contributed by atoms with Crippen molar-refractivity contribution in [1.82, 2.24) is 0 Å². The molecule has 0 radical (unpaired) electrons. The first-order valence-electron chi connectivity index (χ1n) is 11.5. The Labute approximate surface area is 204 Å². The minimum Gasteiger partial charge on any atom is -0.423 e. The molecule has 0 spiro atoms. The molecular weight excluding hydrogens is 435 g/mol. The molecule has 1 aliphatic heterocycles. The van der Waals surface area contributed by atoms with Crippen LogP contribution in [0.1, 0.15) is 12.0 Å². The molecule has 2 N–H and O–H groups in total. The van der Waals surface area contributed by atoms with E-state index in [-0.39, 0.29) is 0 Å². The lowest BCUT2D eigenvalue weighted by atomic mass is 9.74. The monoisotopic (exact) mass is 458 g/mol. The quantitative estimate of drug-likeness (QED) is 0.327. The molecule has 0 saturated heterocycles. The van der Waals surface area contributed by atoms with Gasteiger partial charge >= 0.3 is 7.12 Å². The van der Waals surface area contributed by atoms with Gasteiger partial charge in [0.15, 0.2) is 0 Å². The number of allylic oxidation sites excluding steroid dienone is 3. The smallest absolute Gasteiger partial charge is 0.423 e. The summed E-state index contributed by atoms with van der Waals surface area (Å²) in [6.07, 6.45) is 4.71. The average molecular weight is 458 g/mol. The SMILES string of the molecule is OB(O)C1=CCC2Sc3ccc(-c4cc(-c5ccccc5)cc(-c5ccccc5)c4)cc3C2=C1. The summed E-state index contributed by atoms with van der Waals surface area (Å²) in [7, 11) is -1.43. The van der Waals surface area contributed by atoms with Crippen molar-refractivity contribution in [2.45, 2.75) is 16.6 Å². The van der Waals surface area contributed by atoms with Gasteiger partial charge in [0.2, 0.25) is 0 Å². The van der Waals surface area contributed by atoms with Crippen LogP contribution in [0.15, 0.2) is 120 Å². The van der Waals surface area contributed by atoms with E-state index < -0.39 is 7.12 Å². The van der Waals surface area contributed by atoms with Crippen molar-refractivity contribution in [1.29, 1.82) is 0 Å². The minimum atomic E-state index is -1.43. The first-order chi connectivity index (χ1) is 16.7. The van der Waals surface area contributed by atoms with Crippen LogP contribution >= 0.6 is 11.8 Å². The Balaban J connectivity index is 1.48. The predicted molar refractivity (Wildman–Crippen MR) is 143 cm³/mol. The Bertz CT molecular complexity index is 1370. The topological polar surface area (TPSA) is 40.5 Å². The molecule has 0 amide bonds. The number of rotatable bonds is 4. The summed E-state index contributed by atoms with van der Waals surface area (Å²) in [6, 6.07) is 34.5. The van der Waals surface area contributed by atoms with Crippen LogP contribution in [0.4, 0.5) is 0 Å². The predicted octanol–water partition coefficient (Wildman–Crippen LogP) is 6.89. The molecule has 1 aliphatic carbocycles. The first-order valence-corrected chi connectivity index (χ1v) is 12.4. The van der Waals surface area contributed by atoms with Crippen molar-refractivity contribution in [3.05, 3.63) is 120 Å². The van der Waals surface area contributed by atoms with E-state index in [4.69, 9.17) is 0 Å². The Kier molecular flexibility index (Phi) is 5.50. The summed E-state index contributed by atoms with van der Waals surface area (Å²) in [5.74, 6) is 0. The summed E-state index contributed by atoms with van der Waals surface area (Å²) in [6.45, 7) is 0. The number of hydrogen-bond donors (Lipinski definition) is 2. The van der Waals surface area contributed by atoms with Gasteiger partial charge in [-0.05, 0) is 86.7 Å². The summed E-state index contributed by atoms with van der Waals surface area (Å²) in [4.78, 5) is 1.25. The zero-order valence-electron chi connectivity index (χ0n) is 18.6. The number of thioether (sulfide) groups is 1. The average Bonchev–Trinajstić information content (AvgIpc) is 3.26. The van der Waals surface area contributed by atoms with Crippen molar-refractivity contribution in [3.63, 3.8) is 0 Å². The fraction of sp³-hybridized carbons (Fsp3) is 0.0667. The van der Waals surface area contributed by atoms with Crippen LogP contribution in [-0.4, -0.2) is 22.4 Å². The van der Waals surface area contributed by atoms with Crippen LogP contribution in [0.5, 0.6) is 0 Å².